The number of hydrogen-bond donors (Lipinski definition) is 1. The molecular weight excluding hydrogens is 322 g/mol. The monoisotopic (exact) mass is 361 g/mol. The van der Waals surface area contributed by atoms with Crippen LogP contribution in [0.15, 0.2) is 30.3 Å². The molecule has 1 aromatic carbocycles. The summed E-state index contributed by atoms with van der Waals surface area (Å²) in [7, 11) is 0. The van der Waals surface area contributed by atoms with Crippen LogP contribution in [-0.4, -0.2) is 12.0 Å². The summed E-state index contributed by atoms with van der Waals surface area (Å²) in [6.45, 7) is 2.72. The fourth-order valence-corrected chi connectivity index (χ4v) is 3.25. The van der Waals surface area contributed by atoms with Gasteiger partial charge in [-0.1, -0.05) is 114 Å². The quantitative estimate of drug-likeness (QED) is 0.338. The lowest BCUT2D eigenvalue weighted by Gasteiger charge is -2.14. The van der Waals surface area contributed by atoms with Crippen molar-refractivity contribution in [1.82, 2.24) is 0 Å². The highest BCUT2D eigenvalue weighted by Crippen LogP contribution is 2.14. The van der Waals surface area contributed by atoms with Crippen LogP contribution in [0.25, 0.3) is 0 Å². The molecule has 0 fully saturated rings. The molecule has 0 heterocycles. The van der Waals surface area contributed by atoms with Gasteiger partial charge in [0.25, 0.3) is 0 Å². The fourth-order valence-electron chi connectivity index (χ4n) is 3.25. The lowest BCUT2D eigenvalue weighted by Crippen LogP contribution is -2.31. The van der Waals surface area contributed by atoms with E-state index in [1.807, 2.05) is 30.3 Å². The maximum Gasteiger partial charge on any atom is 0.246 e. The van der Waals surface area contributed by atoms with Crippen molar-refractivity contribution in [3.8, 4) is 0 Å². The number of ether oxygens (including phenoxy) is 1. The van der Waals surface area contributed by atoms with Crippen molar-refractivity contribution in [2.24, 2.45) is 5.73 Å². The van der Waals surface area contributed by atoms with E-state index in [1.54, 1.807) is 0 Å². The number of unbranched alkanes of at least 4 members (excludes halogenated alkanes) is 11. The van der Waals surface area contributed by atoms with Gasteiger partial charge in [0.05, 0.1) is 6.61 Å². The first-order chi connectivity index (χ1) is 12.7. The minimum atomic E-state index is -0.460. The van der Waals surface area contributed by atoms with Crippen LogP contribution in [-0.2, 0) is 16.1 Å². The molecule has 1 atom stereocenters. The second-order valence-electron chi connectivity index (χ2n) is 7.37. The van der Waals surface area contributed by atoms with Crippen LogP contribution in [0.1, 0.15) is 96.0 Å². The Kier molecular flexibility index (Phi) is 13.8. The zero-order valence-corrected chi connectivity index (χ0v) is 16.8. The van der Waals surface area contributed by atoms with E-state index >= 15 is 0 Å². The second kappa shape index (κ2) is 15.9. The summed E-state index contributed by atoms with van der Waals surface area (Å²) in [5.41, 5.74) is 6.55. The van der Waals surface area contributed by atoms with Crippen molar-refractivity contribution in [2.75, 3.05) is 0 Å². The average molecular weight is 362 g/mol. The molecule has 1 amide bonds. The van der Waals surface area contributed by atoms with Gasteiger partial charge in [-0.25, -0.2) is 0 Å². The van der Waals surface area contributed by atoms with Gasteiger partial charge >= 0.3 is 0 Å². The predicted molar refractivity (Wildman–Crippen MR) is 110 cm³/mol. The minimum absolute atomic E-state index is 0.344. The summed E-state index contributed by atoms with van der Waals surface area (Å²) < 4.78 is 5.71. The number of rotatable bonds is 17. The van der Waals surface area contributed by atoms with Crippen LogP contribution in [0.4, 0.5) is 0 Å². The number of carbonyl (C=O) groups excluding carboxylic acids is 1. The second-order valence-corrected chi connectivity index (χ2v) is 7.37. The normalized spacial score (nSPS) is 12.2. The molecule has 0 aliphatic heterocycles. The van der Waals surface area contributed by atoms with E-state index in [-0.39, 0.29) is 5.91 Å². The Balaban J connectivity index is 1.98. The summed E-state index contributed by atoms with van der Waals surface area (Å²) in [6.07, 6.45) is 16.0. The van der Waals surface area contributed by atoms with Crippen molar-refractivity contribution < 1.29 is 9.53 Å². The summed E-state index contributed by atoms with van der Waals surface area (Å²) in [6, 6.07) is 9.93. The molecule has 0 aliphatic carbocycles. The third kappa shape index (κ3) is 12.1. The smallest absolute Gasteiger partial charge is 0.246 e. The maximum absolute atomic E-state index is 11.6. The first-order valence-electron chi connectivity index (χ1n) is 10.7. The average Bonchev–Trinajstić information content (AvgIpc) is 2.65. The van der Waals surface area contributed by atoms with Crippen molar-refractivity contribution in [3.63, 3.8) is 0 Å². The Morgan fingerprint density at radius 1 is 0.846 bits per heavy atom. The molecule has 0 aliphatic rings. The molecule has 1 aromatic rings. The first-order valence-corrected chi connectivity index (χ1v) is 10.7. The fraction of sp³-hybridized carbons (Fsp3) is 0.696. The van der Waals surface area contributed by atoms with Crippen molar-refractivity contribution in [2.45, 2.75) is 103 Å². The molecule has 0 spiro atoms. The van der Waals surface area contributed by atoms with Crippen LogP contribution < -0.4 is 5.73 Å². The summed E-state index contributed by atoms with van der Waals surface area (Å²) >= 11 is 0. The lowest BCUT2D eigenvalue weighted by atomic mass is 10.0. The van der Waals surface area contributed by atoms with Crippen LogP contribution in [0, 0.1) is 0 Å². The summed E-state index contributed by atoms with van der Waals surface area (Å²) in [5, 5.41) is 0. The molecule has 148 valence electrons. The number of hydrogen-bond acceptors (Lipinski definition) is 2. The molecular formula is C23H39NO2. The van der Waals surface area contributed by atoms with Gasteiger partial charge in [0.2, 0.25) is 5.91 Å². The van der Waals surface area contributed by atoms with Gasteiger partial charge in [-0.05, 0) is 12.0 Å². The minimum Gasteiger partial charge on any atom is -0.367 e. The third-order valence-corrected chi connectivity index (χ3v) is 4.93. The van der Waals surface area contributed by atoms with Crippen LogP contribution in [0.2, 0.25) is 0 Å². The molecule has 0 saturated heterocycles. The molecule has 0 saturated carbocycles. The Morgan fingerprint density at radius 2 is 1.35 bits per heavy atom. The molecule has 3 heteroatoms. The maximum atomic E-state index is 11.6. The Morgan fingerprint density at radius 3 is 1.85 bits per heavy atom. The Hall–Kier alpha value is -1.35. The van der Waals surface area contributed by atoms with Crippen molar-refractivity contribution in [1.29, 1.82) is 0 Å². The molecule has 0 bridgehead atoms. The van der Waals surface area contributed by atoms with Gasteiger partial charge in [-0.3, -0.25) is 4.79 Å². The van der Waals surface area contributed by atoms with E-state index in [2.05, 4.69) is 6.92 Å². The van der Waals surface area contributed by atoms with E-state index in [9.17, 15) is 4.79 Å². The van der Waals surface area contributed by atoms with Crippen LogP contribution in [0.5, 0.6) is 0 Å². The number of nitrogens with two attached hydrogens (primary N) is 1. The van der Waals surface area contributed by atoms with Crippen molar-refractivity contribution >= 4 is 5.91 Å². The van der Waals surface area contributed by atoms with Gasteiger partial charge in [0.15, 0.2) is 0 Å². The molecule has 26 heavy (non-hydrogen) atoms. The number of carbonyl (C=O) groups is 1. The molecule has 1 unspecified atom stereocenters. The number of amides is 1. The largest absolute Gasteiger partial charge is 0.367 e. The van der Waals surface area contributed by atoms with Crippen molar-refractivity contribution in [3.05, 3.63) is 35.9 Å². The highest BCUT2D eigenvalue weighted by atomic mass is 16.5. The van der Waals surface area contributed by atoms with Gasteiger partial charge in [0, 0.05) is 0 Å². The standard InChI is InChI=1S/C23H39NO2/c1-2-3-4-5-6-7-8-9-10-11-12-16-19-22(23(24)25)26-20-21-17-14-13-15-18-21/h13-15,17-18,22H,2-12,16,19-20H2,1H3,(H2,24,25). The first kappa shape index (κ1) is 22.7. The van der Waals surface area contributed by atoms with Crippen LogP contribution >= 0.6 is 0 Å². The summed E-state index contributed by atoms with van der Waals surface area (Å²) in [4.78, 5) is 11.6. The van der Waals surface area contributed by atoms with Gasteiger partial charge < -0.3 is 10.5 Å². The van der Waals surface area contributed by atoms with E-state index < -0.39 is 6.10 Å². The van der Waals surface area contributed by atoms with Gasteiger partial charge in [-0.2, -0.15) is 0 Å². The molecule has 2 N–H and O–H groups in total. The zero-order valence-electron chi connectivity index (χ0n) is 16.8. The Bertz CT molecular complexity index is 447. The number of benzene rings is 1. The summed E-state index contributed by atoms with van der Waals surface area (Å²) in [5.74, 6) is -0.344. The Labute approximate surface area is 160 Å². The predicted octanol–water partition coefficient (Wildman–Crippen LogP) is 6.15. The van der Waals surface area contributed by atoms with Gasteiger partial charge in [0.1, 0.15) is 6.10 Å². The highest BCUT2D eigenvalue weighted by Gasteiger charge is 2.15. The molecule has 3 nitrogen and oxygen atoms in total. The molecule has 1 rings (SSSR count). The van der Waals surface area contributed by atoms with Crippen LogP contribution in [0.3, 0.4) is 0 Å². The molecule has 0 aromatic heterocycles. The van der Waals surface area contributed by atoms with E-state index in [0.717, 1.165) is 24.8 Å². The topological polar surface area (TPSA) is 52.3 Å². The zero-order chi connectivity index (χ0) is 18.9. The highest BCUT2D eigenvalue weighted by molar-refractivity contribution is 5.78. The van der Waals surface area contributed by atoms with E-state index in [1.165, 1.54) is 64.2 Å². The third-order valence-electron chi connectivity index (χ3n) is 4.93. The van der Waals surface area contributed by atoms with E-state index in [4.69, 9.17) is 10.5 Å². The number of primary amides is 1. The molecule has 0 radical (unpaired) electrons. The van der Waals surface area contributed by atoms with E-state index in [0.29, 0.717) is 6.61 Å². The van der Waals surface area contributed by atoms with Gasteiger partial charge in [-0.15, -0.1) is 0 Å². The lowest BCUT2D eigenvalue weighted by molar-refractivity contribution is -0.130. The SMILES string of the molecule is CCCCCCCCCCCCCCC(OCc1ccccc1)C(N)=O.